The summed E-state index contributed by atoms with van der Waals surface area (Å²) in [5.41, 5.74) is 4.56. The first-order valence-corrected chi connectivity index (χ1v) is 9.52. The molecule has 1 heterocycles. The highest BCUT2D eigenvalue weighted by Gasteiger charge is 2.16. The number of aromatic nitrogens is 3. The normalized spacial score (nSPS) is 10.9. The molecule has 0 fully saturated rings. The van der Waals surface area contributed by atoms with Gasteiger partial charge in [0.2, 0.25) is 0 Å². The van der Waals surface area contributed by atoms with E-state index in [2.05, 4.69) is 70.2 Å². The van der Waals surface area contributed by atoms with Crippen molar-refractivity contribution in [2.24, 2.45) is 0 Å². The molecule has 134 valence electrons. The standard InChI is InChI=1S/C24H23N3/c1-2-3-10-19-15-17-21(18-16-19)24-26-25-23(20-11-6-4-7-12-20)27(24)22-13-8-5-9-14-22/h4-9,11-18H,2-3,10H2,1H3. The van der Waals surface area contributed by atoms with Crippen molar-refractivity contribution in [1.82, 2.24) is 14.8 Å². The molecule has 0 saturated carbocycles. The maximum atomic E-state index is 4.54. The van der Waals surface area contributed by atoms with E-state index in [4.69, 9.17) is 0 Å². The lowest BCUT2D eigenvalue weighted by Gasteiger charge is -2.11. The second kappa shape index (κ2) is 8.00. The Morgan fingerprint density at radius 3 is 1.81 bits per heavy atom. The lowest BCUT2D eigenvalue weighted by atomic mass is 10.1. The maximum absolute atomic E-state index is 4.54. The van der Waals surface area contributed by atoms with Crippen molar-refractivity contribution in [2.45, 2.75) is 26.2 Å². The Labute approximate surface area is 160 Å². The first-order chi connectivity index (χ1) is 13.4. The molecule has 0 bridgehead atoms. The molecule has 0 aliphatic carbocycles. The fourth-order valence-electron chi connectivity index (χ4n) is 3.27. The van der Waals surface area contributed by atoms with Crippen LogP contribution in [-0.2, 0) is 6.42 Å². The van der Waals surface area contributed by atoms with Crippen LogP contribution >= 0.6 is 0 Å². The van der Waals surface area contributed by atoms with E-state index in [1.165, 1.54) is 18.4 Å². The molecule has 0 atom stereocenters. The number of nitrogens with zero attached hydrogens (tertiary/aromatic N) is 3. The minimum Gasteiger partial charge on any atom is -0.275 e. The van der Waals surface area contributed by atoms with E-state index in [0.29, 0.717) is 0 Å². The van der Waals surface area contributed by atoms with Crippen LogP contribution in [0.4, 0.5) is 0 Å². The SMILES string of the molecule is CCCCc1ccc(-c2nnc(-c3ccccc3)n2-c2ccccc2)cc1. The molecular weight excluding hydrogens is 330 g/mol. The fraction of sp³-hybridized carbons (Fsp3) is 0.167. The maximum Gasteiger partial charge on any atom is 0.168 e. The van der Waals surface area contributed by atoms with Gasteiger partial charge in [-0.25, -0.2) is 0 Å². The zero-order chi connectivity index (χ0) is 18.5. The van der Waals surface area contributed by atoms with Crippen molar-refractivity contribution < 1.29 is 0 Å². The van der Waals surface area contributed by atoms with E-state index in [-0.39, 0.29) is 0 Å². The third-order valence-electron chi connectivity index (χ3n) is 4.74. The van der Waals surface area contributed by atoms with Gasteiger partial charge < -0.3 is 0 Å². The highest BCUT2D eigenvalue weighted by Crippen LogP contribution is 2.28. The number of aryl methyl sites for hydroxylation is 1. The molecule has 3 nitrogen and oxygen atoms in total. The lowest BCUT2D eigenvalue weighted by Crippen LogP contribution is -2.00. The molecule has 3 aromatic carbocycles. The van der Waals surface area contributed by atoms with Gasteiger partial charge in [-0.05, 0) is 30.5 Å². The van der Waals surface area contributed by atoms with E-state index in [1.54, 1.807) is 0 Å². The van der Waals surface area contributed by atoms with Crippen molar-refractivity contribution in [3.63, 3.8) is 0 Å². The molecule has 0 aliphatic heterocycles. The highest BCUT2D eigenvalue weighted by atomic mass is 15.3. The summed E-state index contributed by atoms with van der Waals surface area (Å²) in [6.07, 6.45) is 3.56. The van der Waals surface area contributed by atoms with Crippen LogP contribution in [0, 0.1) is 0 Å². The van der Waals surface area contributed by atoms with Crippen LogP contribution < -0.4 is 0 Å². The third kappa shape index (κ3) is 3.68. The summed E-state index contributed by atoms with van der Waals surface area (Å²) >= 11 is 0. The quantitative estimate of drug-likeness (QED) is 0.429. The molecule has 0 unspecified atom stereocenters. The van der Waals surface area contributed by atoms with E-state index >= 15 is 0 Å². The summed E-state index contributed by atoms with van der Waals surface area (Å²) in [6.45, 7) is 2.22. The van der Waals surface area contributed by atoms with Crippen LogP contribution in [0.25, 0.3) is 28.5 Å². The average Bonchev–Trinajstić information content (AvgIpc) is 3.19. The van der Waals surface area contributed by atoms with Gasteiger partial charge >= 0.3 is 0 Å². The molecule has 0 radical (unpaired) electrons. The summed E-state index contributed by atoms with van der Waals surface area (Å²) in [6, 6.07) is 29.2. The molecule has 0 N–H and O–H groups in total. The van der Waals surface area contributed by atoms with Gasteiger partial charge in [-0.15, -0.1) is 10.2 Å². The van der Waals surface area contributed by atoms with Crippen molar-refractivity contribution in [3.05, 3.63) is 90.5 Å². The average molecular weight is 353 g/mol. The molecule has 4 rings (SSSR count). The van der Waals surface area contributed by atoms with Crippen LogP contribution in [0.3, 0.4) is 0 Å². The summed E-state index contributed by atoms with van der Waals surface area (Å²) in [4.78, 5) is 0. The highest BCUT2D eigenvalue weighted by molar-refractivity contribution is 5.66. The van der Waals surface area contributed by atoms with Gasteiger partial charge in [0.1, 0.15) is 0 Å². The Morgan fingerprint density at radius 1 is 0.667 bits per heavy atom. The van der Waals surface area contributed by atoms with Crippen molar-refractivity contribution in [2.75, 3.05) is 0 Å². The first-order valence-electron chi connectivity index (χ1n) is 9.52. The zero-order valence-corrected chi connectivity index (χ0v) is 15.5. The second-order valence-electron chi connectivity index (χ2n) is 6.68. The molecule has 27 heavy (non-hydrogen) atoms. The monoisotopic (exact) mass is 353 g/mol. The van der Waals surface area contributed by atoms with Gasteiger partial charge in [0.25, 0.3) is 0 Å². The topological polar surface area (TPSA) is 30.7 Å². The van der Waals surface area contributed by atoms with Gasteiger partial charge in [-0.3, -0.25) is 4.57 Å². The molecule has 3 heteroatoms. The van der Waals surface area contributed by atoms with Crippen LogP contribution in [-0.4, -0.2) is 14.8 Å². The van der Waals surface area contributed by atoms with Gasteiger partial charge in [0, 0.05) is 16.8 Å². The van der Waals surface area contributed by atoms with E-state index in [9.17, 15) is 0 Å². The van der Waals surface area contributed by atoms with Gasteiger partial charge in [0.05, 0.1) is 0 Å². The molecular formula is C24H23N3. The van der Waals surface area contributed by atoms with Gasteiger partial charge in [-0.2, -0.15) is 0 Å². The minimum atomic E-state index is 0.854. The Morgan fingerprint density at radius 2 is 1.22 bits per heavy atom. The van der Waals surface area contributed by atoms with E-state index in [0.717, 1.165) is 34.9 Å². The summed E-state index contributed by atoms with van der Waals surface area (Å²) in [5, 5.41) is 9.07. The second-order valence-corrected chi connectivity index (χ2v) is 6.68. The number of hydrogen-bond donors (Lipinski definition) is 0. The predicted molar refractivity (Wildman–Crippen MR) is 111 cm³/mol. The number of unbranched alkanes of at least 4 members (excludes halogenated alkanes) is 1. The fourth-order valence-corrected chi connectivity index (χ4v) is 3.27. The van der Waals surface area contributed by atoms with Gasteiger partial charge in [0.15, 0.2) is 11.6 Å². The molecule has 4 aromatic rings. The molecule has 0 aliphatic rings. The lowest BCUT2D eigenvalue weighted by molar-refractivity contribution is 0.795. The van der Waals surface area contributed by atoms with E-state index < -0.39 is 0 Å². The third-order valence-corrected chi connectivity index (χ3v) is 4.74. The van der Waals surface area contributed by atoms with Crippen molar-refractivity contribution >= 4 is 0 Å². The molecule has 0 amide bonds. The summed E-state index contributed by atoms with van der Waals surface area (Å²) in [5.74, 6) is 1.72. The Balaban J connectivity index is 1.80. The van der Waals surface area contributed by atoms with Crippen LogP contribution in [0.15, 0.2) is 84.9 Å². The van der Waals surface area contributed by atoms with Crippen LogP contribution in [0.2, 0.25) is 0 Å². The molecule has 0 saturated heterocycles. The number of rotatable bonds is 6. The molecule has 1 aromatic heterocycles. The first kappa shape index (κ1) is 17.2. The van der Waals surface area contributed by atoms with Crippen LogP contribution in [0.1, 0.15) is 25.3 Å². The Hall–Kier alpha value is -3.20. The van der Waals surface area contributed by atoms with Crippen molar-refractivity contribution in [1.29, 1.82) is 0 Å². The smallest absolute Gasteiger partial charge is 0.168 e. The summed E-state index contributed by atoms with van der Waals surface area (Å²) in [7, 11) is 0. The van der Waals surface area contributed by atoms with Gasteiger partial charge in [-0.1, -0.05) is 86.1 Å². The minimum absolute atomic E-state index is 0.854. The zero-order valence-electron chi connectivity index (χ0n) is 15.5. The predicted octanol–water partition coefficient (Wildman–Crippen LogP) is 5.94. The van der Waals surface area contributed by atoms with Crippen molar-refractivity contribution in [3.8, 4) is 28.5 Å². The van der Waals surface area contributed by atoms with E-state index in [1.807, 2.05) is 36.4 Å². The Bertz CT molecular complexity index is 987. The number of hydrogen-bond acceptors (Lipinski definition) is 2. The van der Waals surface area contributed by atoms with Crippen LogP contribution in [0.5, 0.6) is 0 Å². The summed E-state index contributed by atoms with van der Waals surface area (Å²) < 4.78 is 2.14. The molecule has 0 spiro atoms. The number of para-hydroxylation sites is 1. The largest absolute Gasteiger partial charge is 0.275 e. The Kier molecular flexibility index (Phi) is 5.10. The number of benzene rings is 3.